The van der Waals surface area contributed by atoms with Gasteiger partial charge >= 0.3 is 0 Å². The van der Waals surface area contributed by atoms with Crippen LogP contribution in [-0.4, -0.2) is 27.4 Å². The summed E-state index contributed by atoms with van der Waals surface area (Å²) >= 11 is 1.34. The van der Waals surface area contributed by atoms with E-state index in [1.165, 1.54) is 17.7 Å². The van der Waals surface area contributed by atoms with Crippen LogP contribution in [0.25, 0.3) is 0 Å². The van der Waals surface area contributed by atoms with Crippen molar-refractivity contribution in [1.29, 1.82) is 0 Å². The summed E-state index contributed by atoms with van der Waals surface area (Å²) in [6.07, 6.45) is 10.4. The highest BCUT2D eigenvalue weighted by Crippen LogP contribution is 2.19. The molecule has 6 nitrogen and oxygen atoms in total. The summed E-state index contributed by atoms with van der Waals surface area (Å²) in [5.74, 6) is 0.405. The van der Waals surface area contributed by atoms with Gasteiger partial charge in [-0.15, -0.1) is 11.3 Å². The summed E-state index contributed by atoms with van der Waals surface area (Å²) in [4.78, 5) is 24.3. The van der Waals surface area contributed by atoms with Gasteiger partial charge in [-0.3, -0.25) is 4.79 Å². The lowest BCUT2D eigenvalue weighted by molar-refractivity contribution is 0.0953. The molecule has 0 aromatic carbocycles. The number of nitrogens with zero attached hydrogens (tertiary/aromatic N) is 3. The molecule has 0 aliphatic rings. The molecule has 0 saturated carbocycles. The van der Waals surface area contributed by atoms with Gasteiger partial charge in [-0.1, -0.05) is 30.9 Å². The molecule has 0 spiro atoms. The van der Waals surface area contributed by atoms with Crippen molar-refractivity contribution in [2.45, 2.75) is 6.92 Å². The monoisotopic (exact) mass is 327 g/mol. The third-order valence-electron chi connectivity index (χ3n) is 2.72. The third kappa shape index (κ3) is 5.15. The normalized spacial score (nSPS) is 11.4. The fourth-order valence-electron chi connectivity index (χ4n) is 1.72. The van der Waals surface area contributed by atoms with Crippen LogP contribution in [0.5, 0.6) is 0 Å². The van der Waals surface area contributed by atoms with E-state index in [2.05, 4.69) is 32.2 Å². The highest BCUT2D eigenvalue weighted by molar-refractivity contribution is 7.14. The smallest absolute Gasteiger partial charge is 0.271 e. The van der Waals surface area contributed by atoms with Crippen molar-refractivity contribution in [2.75, 3.05) is 11.9 Å². The van der Waals surface area contributed by atoms with E-state index in [0.717, 1.165) is 5.57 Å². The molecule has 2 rings (SSSR count). The maximum atomic E-state index is 12.1. The first-order valence-corrected chi connectivity index (χ1v) is 7.82. The SMILES string of the molecule is C=C/C=C(\C=C/C)CNC(=O)c1csc(Nc2ccncn2)n1. The molecule has 0 aliphatic carbocycles. The van der Waals surface area contributed by atoms with Crippen molar-refractivity contribution in [1.82, 2.24) is 20.3 Å². The molecule has 2 N–H and O–H groups in total. The molecule has 0 fully saturated rings. The molecule has 2 aromatic rings. The average molecular weight is 327 g/mol. The van der Waals surface area contributed by atoms with Gasteiger partial charge in [0.05, 0.1) is 0 Å². The minimum absolute atomic E-state index is 0.226. The number of amides is 1. The Morgan fingerprint density at radius 1 is 1.48 bits per heavy atom. The van der Waals surface area contributed by atoms with Gasteiger partial charge in [-0.05, 0) is 18.6 Å². The van der Waals surface area contributed by atoms with Gasteiger partial charge in [0.15, 0.2) is 5.13 Å². The summed E-state index contributed by atoms with van der Waals surface area (Å²) in [6.45, 7) is 6.00. The van der Waals surface area contributed by atoms with Crippen molar-refractivity contribution < 1.29 is 4.79 Å². The number of allylic oxidation sites excluding steroid dienone is 3. The number of hydrogen-bond acceptors (Lipinski definition) is 6. The van der Waals surface area contributed by atoms with Gasteiger partial charge < -0.3 is 10.6 Å². The molecule has 7 heteroatoms. The van der Waals surface area contributed by atoms with Gasteiger partial charge in [0.1, 0.15) is 17.8 Å². The number of hydrogen-bond donors (Lipinski definition) is 2. The predicted molar refractivity (Wildman–Crippen MR) is 92.9 cm³/mol. The Morgan fingerprint density at radius 3 is 3.04 bits per heavy atom. The number of anilines is 2. The van der Waals surface area contributed by atoms with Crippen LogP contribution in [0.15, 0.2) is 60.4 Å². The number of carbonyl (C=O) groups is 1. The van der Waals surface area contributed by atoms with Crippen molar-refractivity contribution in [3.63, 3.8) is 0 Å². The fraction of sp³-hybridized carbons (Fsp3) is 0.125. The topological polar surface area (TPSA) is 79.8 Å². The lowest BCUT2D eigenvalue weighted by Gasteiger charge is -2.04. The standard InChI is InChI=1S/C16H17N5OS/c1-3-5-12(6-4-2)9-18-15(22)13-10-23-16(20-13)21-14-7-8-17-11-19-14/h3-8,10-11H,1,9H2,2H3,(H,18,22)(H,17,19,20,21)/b6-4-,12-5+. The largest absolute Gasteiger partial charge is 0.347 e. The summed E-state index contributed by atoms with van der Waals surface area (Å²) in [7, 11) is 0. The second-order valence-corrected chi connectivity index (χ2v) is 5.28. The number of aromatic nitrogens is 3. The van der Waals surface area contributed by atoms with E-state index in [1.807, 2.05) is 25.2 Å². The van der Waals surface area contributed by atoms with Crippen molar-refractivity contribution in [3.8, 4) is 0 Å². The molecule has 0 bridgehead atoms. The van der Waals surface area contributed by atoms with Gasteiger partial charge in [-0.2, -0.15) is 0 Å². The summed E-state index contributed by atoms with van der Waals surface area (Å²) in [6, 6.07) is 1.73. The van der Waals surface area contributed by atoms with Crippen LogP contribution in [0.4, 0.5) is 10.9 Å². The summed E-state index contributed by atoms with van der Waals surface area (Å²) < 4.78 is 0. The molecule has 0 aliphatic heterocycles. The Hall–Kier alpha value is -2.80. The molecular formula is C16H17N5OS. The van der Waals surface area contributed by atoms with E-state index in [1.54, 1.807) is 23.7 Å². The van der Waals surface area contributed by atoms with E-state index in [-0.39, 0.29) is 5.91 Å². The molecule has 0 unspecified atom stereocenters. The summed E-state index contributed by atoms with van der Waals surface area (Å²) in [5.41, 5.74) is 1.33. The zero-order chi connectivity index (χ0) is 16.5. The number of rotatable bonds is 7. The van der Waals surface area contributed by atoms with E-state index in [9.17, 15) is 4.79 Å². The molecular weight excluding hydrogens is 310 g/mol. The molecule has 0 atom stereocenters. The van der Waals surface area contributed by atoms with Crippen molar-refractivity contribution in [2.24, 2.45) is 0 Å². The van der Waals surface area contributed by atoms with Crippen molar-refractivity contribution >= 4 is 28.2 Å². The van der Waals surface area contributed by atoms with Crippen LogP contribution in [0, 0.1) is 0 Å². The first-order valence-electron chi connectivity index (χ1n) is 6.94. The Balaban J connectivity index is 1.95. The van der Waals surface area contributed by atoms with Crippen LogP contribution in [0.1, 0.15) is 17.4 Å². The first kappa shape index (κ1) is 16.6. The quantitative estimate of drug-likeness (QED) is 0.764. The Morgan fingerprint density at radius 2 is 2.35 bits per heavy atom. The zero-order valence-electron chi connectivity index (χ0n) is 12.7. The van der Waals surface area contributed by atoms with E-state index in [4.69, 9.17) is 0 Å². The summed E-state index contributed by atoms with van der Waals surface area (Å²) in [5, 5.41) is 8.16. The number of nitrogens with one attached hydrogen (secondary N) is 2. The van der Waals surface area contributed by atoms with Crippen LogP contribution in [0.2, 0.25) is 0 Å². The molecule has 118 valence electrons. The Bertz CT molecular complexity index is 721. The maximum absolute atomic E-state index is 12.1. The molecule has 0 saturated heterocycles. The van der Waals surface area contributed by atoms with Gasteiger partial charge in [-0.25, -0.2) is 15.0 Å². The van der Waals surface area contributed by atoms with Crippen LogP contribution in [0.3, 0.4) is 0 Å². The minimum atomic E-state index is -0.226. The van der Waals surface area contributed by atoms with Crippen LogP contribution < -0.4 is 10.6 Å². The van der Waals surface area contributed by atoms with Crippen LogP contribution in [-0.2, 0) is 0 Å². The zero-order valence-corrected chi connectivity index (χ0v) is 13.5. The second-order valence-electron chi connectivity index (χ2n) is 4.42. The molecule has 1 amide bonds. The highest BCUT2D eigenvalue weighted by atomic mass is 32.1. The van der Waals surface area contributed by atoms with Gasteiger partial charge in [0.25, 0.3) is 5.91 Å². The number of thiazole rings is 1. The van der Waals surface area contributed by atoms with E-state index in [0.29, 0.717) is 23.2 Å². The second kappa shape index (κ2) is 8.60. The lowest BCUT2D eigenvalue weighted by atomic mass is 10.2. The molecule has 2 aromatic heterocycles. The first-order chi connectivity index (χ1) is 11.2. The third-order valence-corrected chi connectivity index (χ3v) is 3.48. The predicted octanol–water partition coefficient (Wildman–Crippen LogP) is 3.10. The maximum Gasteiger partial charge on any atom is 0.271 e. The van der Waals surface area contributed by atoms with Gasteiger partial charge in [0, 0.05) is 18.1 Å². The molecule has 2 heterocycles. The van der Waals surface area contributed by atoms with Gasteiger partial charge in [0.2, 0.25) is 0 Å². The highest BCUT2D eigenvalue weighted by Gasteiger charge is 2.11. The molecule has 0 radical (unpaired) electrons. The minimum Gasteiger partial charge on any atom is -0.347 e. The average Bonchev–Trinajstić information content (AvgIpc) is 3.02. The number of carbonyl (C=O) groups excluding carboxylic acids is 1. The molecule has 23 heavy (non-hydrogen) atoms. The van der Waals surface area contributed by atoms with E-state index >= 15 is 0 Å². The fourth-order valence-corrected chi connectivity index (χ4v) is 2.42. The lowest BCUT2D eigenvalue weighted by Crippen LogP contribution is -2.25. The van der Waals surface area contributed by atoms with Crippen LogP contribution >= 0.6 is 11.3 Å². The Labute approximate surface area is 138 Å². The van der Waals surface area contributed by atoms with Crippen molar-refractivity contribution in [3.05, 3.63) is 66.1 Å². The van der Waals surface area contributed by atoms with E-state index < -0.39 is 0 Å². The Kier molecular flexibility index (Phi) is 6.19.